The molecule has 34 heavy (non-hydrogen) atoms. The number of ether oxygens (including phenoxy) is 1. The lowest BCUT2D eigenvalue weighted by Crippen LogP contribution is -2.34. The number of fused-ring (bicyclic) bond motifs is 1. The summed E-state index contributed by atoms with van der Waals surface area (Å²) >= 11 is 11.6. The molecule has 9 heteroatoms. The molecule has 3 aromatic rings. The van der Waals surface area contributed by atoms with Crippen molar-refractivity contribution in [2.45, 2.75) is 13.3 Å². The van der Waals surface area contributed by atoms with Crippen LogP contribution in [0.4, 0.5) is 11.4 Å². The molecule has 0 saturated carbocycles. The van der Waals surface area contributed by atoms with Gasteiger partial charge in [0.15, 0.2) is 5.11 Å². The lowest BCUT2D eigenvalue weighted by molar-refractivity contribution is 0.0923. The largest absolute Gasteiger partial charge is 0.494 e. The van der Waals surface area contributed by atoms with Crippen LogP contribution in [-0.4, -0.2) is 29.4 Å². The van der Waals surface area contributed by atoms with E-state index in [0.29, 0.717) is 40.4 Å². The summed E-state index contributed by atoms with van der Waals surface area (Å²) < 4.78 is 5.55. The third kappa shape index (κ3) is 4.78. The topological polar surface area (TPSA) is 87.7 Å². The Morgan fingerprint density at radius 2 is 1.71 bits per heavy atom. The van der Waals surface area contributed by atoms with Crippen LogP contribution in [0.15, 0.2) is 66.7 Å². The molecule has 7 nitrogen and oxygen atoms in total. The summed E-state index contributed by atoms with van der Waals surface area (Å²) in [5.41, 5.74) is 1.83. The number of hydrogen-bond donors (Lipinski definition) is 2. The number of nitrogens with one attached hydrogen (secondary N) is 2. The molecular weight excluding hydrogens is 474 g/mol. The average molecular weight is 494 g/mol. The number of halogens is 1. The quantitative estimate of drug-likeness (QED) is 0.369. The normalized spacial score (nSPS) is 12.4. The minimum Gasteiger partial charge on any atom is -0.494 e. The van der Waals surface area contributed by atoms with E-state index in [9.17, 15) is 14.4 Å². The number of hydrogen-bond acceptors (Lipinski definition) is 5. The van der Waals surface area contributed by atoms with Gasteiger partial charge in [0.25, 0.3) is 17.7 Å². The van der Waals surface area contributed by atoms with Gasteiger partial charge in [0.05, 0.1) is 34.1 Å². The second-order valence-corrected chi connectivity index (χ2v) is 8.26. The zero-order chi connectivity index (χ0) is 24.2. The first kappa shape index (κ1) is 23.4. The summed E-state index contributed by atoms with van der Waals surface area (Å²) in [6, 6.07) is 18.1. The van der Waals surface area contributed by atoms with Crippen molar-refractivity contribution < 1.29 is 19.1 Å². The van der Waals surface area contributed by atoms with Gasteiger partial charge in [-0.25, -0.2) is 4.90 Å². The summed E-state index contributed by atoms with van der Waals surface area (Å²) in [4.78, 5) is 39.0. The zero-order valence-electron chi connectivity index (χ0n) is 18.1. The highest BCUT2D eigenvalue weighted by Crippen LogP contribution is 2.32. The van der Waals surface area contributed by atoms with Gasteiger partial charge in [-0.1, -0.05) is 36.7 Å². The lowest BCUT2D eigenvalue weighted by atomic mass is 10.1. The van der Waals surface area contributed by atoms with Crippen molar-refractivity contribution in [3.8, 4) is 5.75 Å². The van der Waals surface area contributed by atoms with Gasteiger partial charge in [-0.15, -0.1) is 0 Å². The third-order valence-electron chi connectivity index (χ3n) is 5.05. The predicted molar refractivity (Wildman–Crippen MR) is 135 cm³/mol. The number of thiocarbonyl (C=S) groups is 1. The van der Waals surface area contributed by atoms with Crippen LogP contribution in [0.1, 0.15) is 44.4 Å². The standard InChI is InChI=1S/C25H20ClN3O4S/c1-2-12-33-17-7-5-6-15(13-17)22(30)28-25(34)27-21-11-10-16(14-20(21)26)29-23(31)18-8-3-4-9-19(18)24(29)32/h3-11,13-14H,2,12H2,1H3,(H2,27,28,30,34). The van der Waals surface area contributed by atoms with Gasteiger partial charge in [-0.3, -0.25) is 19.7 Å². The van der Waals surface area contributed by atoms with Crippen LogP contribution in [0, 0.1) is 0 Å². The molecule has 3 aromatic carbocycles. The highest BCUT2D eigenvalue weighted by molar-refractivity contribution is 7.80. The molecule has 172 valence electrons. The van der Waals surface area contributed by atoms with E-state index < -0.39 is 17.7 Å². The summed E-state index contributed by atoms with van der Waals surface area (Å²) in [5.74, 6) is -0.631. The van der Waals surface area contributed by atoms with Gasteiger partial charge in [-0.2, -0.15) is 0 Å². The molecule has 0 saturated heterocycles. The molecule has 0 spiro atoms. The molecule has 0 radical (unpaired) electrons. The first-order chi connectivity index (χ1) is 16.4. The lowest BCUT2D eigenvalue weighted by Gasteiger charge is -2.16. The SMILES string of the molecule is CCCOc1cccc(C(=O)NC(=S)Nc2ccc(N3C(=O)c4ccccc4C3=O)cc2Cl)c1. The molecule has 1 heterocycles. The number of benzene rings is 3. The number of nitrogens with zero attached hydrogens (tertiary/aromatic N) is 1. The Morgan fingerprint density at radius 3 is 2.35 bits per heavy atom. The minimum absolute atomic E-state index is 0.0419. The highest BCUT2D eigenvalue weighted by Gasteiger charge is 2.36. The molecule has 1 aliphatic rings. The Bertz CT molecular complexity index is 1280. The number of amides is 3. The van der Waals surface area contributed by atoms with Gasteiger partial charge in [0.2, 0.25) is 0 Å². The van der Waals surface area contributed by atoms with Crippen LogP contribution in [-0.2, 0) is 0 Å². The summed E-state index contributed by atoms with van der Waals surface area (Å²) in [6.07, 6.45) is 0.858. The predicted octanol–water partition coefficient (Wildman–Crippen LogP) is 5.06. The fourth-order valence-electron chi connectivity index (χ4n) is 3.44. The van der Waals surface area contributed by atoms with Crippen molar-refractivity contribution >= 4 is 58.0 Å². The van der Waals surface area contributed by atoms with Crippen LogP contribution in [0.25, 0.3) is 0 Å². The van der Waals surface area contributed by atoms with Crippen molar-refractivity contribution in [3.05, 3.63) is 88.4 Å². The van der Waals surface area contributed by atoms with Gasteiger partial charge in [0.1, 0.15) is 5.75 Å². The van der Waals surface area contributed by atoms with Crippen molar-refractivity contribution in [1.82, 2.24) is 5.32 Å². The Hall–Kier alpha value is -3.75. The number of anilines is 2. The van der Waals surface area contributed by atoms with E-state index in [0.717, 1.165) is 11.3 Å². The van der Waals surface area contributed by atoms with E-state index in [1.165, 1.54) is 6.07 Å². The maximum Gasteiger partial charge on any atom is 0.266 e. The first-order valence-electron chi connectivity index (χ1n) is 10.5. The maximum absolute atomic E-state index is 12.7. The number of rotatable bonds is 6. The fraction of sp³-hybridized carbons (Fsp3) is 0.120. The van der Waals surface area contributed by atoms with E-state index in [4.69, 9.17) is 28.6 Å². The van der Waals surface area contributed by atoms with Gasteiger partial charge < -0.3 is 10.1 Å². The Kier molecular flexibility index (Phi) is 6.90. The molecule has 0 fully saturated rings. The molecule has 1 aliphatic heterocycles. The smallest absolute Gasteiger partial charge is 0.266 e. The molecule has 3 amide bonds. The number of carbonyl (C=O) groups excluding carboxylic acids is 3. The van der Waals surface area contributed by atoms with Crippen LogP contribution in [0.3, 0.4) is 0 Å². The molecule has 2 N–H and O–H groups in total. The number of imide groups is 1. The molecular formula is C25H20ClN3O4S. The maximum atomic E-state index is 12.7. The highest BCUT2D eigenvalue weighted by atomic mass is 35.5. The summed E-state index contributed by atoms with van der Waals surface area (Å²) in [5, 5.41) is 5.73. The van der Waals surface area contributed by atoms with Crippen LogP contribution in [0.5, 0.6) is 5.75 Å². The Labute approximate surface area is 206 Å². The molecule has 0 bridgehead atoms. The van der Waals surface area contributed by atoms with E-state index >= 15 is 0 Å². The third-order valence-corrected chi connectivity index (χ3v) is 5.57. The van der Waals surface area contributed by atoms with Crippen molar-refractivity contribution in [2.24, 2.45) is 0 Å². The Morgan fingerprint density at radius 1 is 1.00 bits per heavy atom. The van der Waals surface area contributed by atoms with E-state index in [-0.39, 0.29) is 10.1 Å². The van der Waals surface area contributed by atoms with E-state index in [1.54, 1.807) is 60.7 Å². The van der Waals surface area contributed by atoms with Crippen molar-refractivity contribution in [1.29, 1.82) is 0 Å². The molecule has 0 atom stereocenters. The second kappa shape index (κ2) is 10.0. The number of carbonyl (C=O) groups is 3. The van der Waals surface area contributed by atoms with Gasteiger partial charge in [0, 0.05) is 5.56 Å². The van der Waals surface area contributed by atoms with E-state index in [1.807, 2.05) is 6.92 Å². The average Bonchev–Trinajstić information content (AvgIpc) is 3.09. The molecule has 0 aliphatic carbocycles. The van der Waals surface area contributed by atoms with Gasteiger partial charge in [-0.05, 0) is 67.2 Å². The molecule has 4 rings (SSSR count). The monoisotopic (exact) mass is 493 g/mol. The van der Waals surface area contributed by atoms with Gasteiger partial charge >= 0.3 is 0 Å². The second-order valence-electron chi connectivity index (χ2n) is 7.44. The first-order valence-corrected chi connectivity index (χ1v) is 11.3. The summed E-state index contributed by atoms with van der Waals surface area (Å²) in [6.45, 7) is 2.55. The molecule has 0 unspecified atom stereocenters. The fourth-order valence-corrected chi connectivity index (χ4v) is 3.87. The van der Waals surface area contributed by atoms with Crippen LogP contribution >= 0.6 is 23.8 Å². The van der Waals surface area contributed by atoms with E-state index in [2.05, 4.69) is 10.6 Å². The van der Waals surface area contributed by atoms with Crippen molar-refractivity contribution in [3.63, 3.8) is 0 Å². The van der Waals surface area contributed by atoms with Crippen LogP contribution < -0.4 is 20.3 Å². The minimum atomic E-state index is -0.412. The summed E-state index contributed by atoms with van der Waals surface area (Å²) in [7, 11) is 0. The Balaban J connectivity index is 1.43. The van der Waals surface area contributed by atoms with Crippen LogP contribution in [0.2, 0.25) is 5.02 Å². The zero-order valence-corrected chi connectivity index (χ0v) is 19.7. The molecule has 0 aromatic heterocycles. The van der Waals surface area contributed by atoms with Crippen molar-refractivity contribution in [2.75, 3.05) is 16.8 Å².